The summed E-state index contributed by atoms with van der Waals surface area (Å²) in [6, 6.07) is 11.7. The number of hydrogen-bond donors (Lipinski definition) is 1. The lowest BCUT2D eigenvalue weighted by atomic mass is 10.00. The van der Waals surface area contributed by atoms with Gasteiger partial charge in [0.25, 0.3) is 5.91 Å². The van der Waals surface area contributed by atoms with Gasteiger partial charge in [-0.1, -0.05) is 34.7 Å². The number of unbranched alkanes of at least 4 members (excludes halogenated alkanes) is 1. The van der Waals surface area contributed by atoms with Crippen molar-refractivity contribution in [2.24, 2.45) is 9.98 Å². The van der Waals surface area contributed by atoms with Gasteiger partial charge in [0.1, 0.15) is 17.7 Å². The van der Waals surface area contributed by atoms with E-state index < -0.39 is 0 Å². The number of carbonyl (C=O) groups is 1. The molecule has 1 atom stereocenters. The predicted octanol–water partition coefficient (Wildman–Crippen LogP) is 5.77. The van der Waals surface area contributed by atoms with Gasteiger partial charge in [-0.15, -0.1) is 0 Å². The Bertz CT molecular complexity index is 1280. The van der Waals surface area contributed by atoms with Crippen molar-refractivity contribution in [2.75, 3.05) is 35.9 Å². The Labute approximate surface area is 243 Å². The number of aromatic nitrogens is 1. The number of alkyl halides is 1. The smallest absolute Gasteiger partial charge is 0.253 e. The molecule has 2 heterocycles. The summed E-state index contributed by atoms with van der Waals surface area (Å²) in [5.74, 6) is 0.131. The average molecular weight is 641 g/mol. The Kier molecular flexibility index (Phi) is 12.3. The van der Waals surface area contributed by atoms with Crippen LogP contribution in [0.5, 0.6) is 0 Å². The van der Waals surface area contributed by atoms with Gasteiger partial charge >= 0.3 is 0 Å². The molecule has 204 valence electrons. The third-order valence-corrected chi connectivity index (χ3v) is 6.90. The summed E-state index contributed by atoms with van der Waals surface area (Å²) in [7, 11) is 0. The SMILES string of the molecule is CCN(CCNc1ncccc1C#N)C(=O)C1=CC(C)N=C(CCCCI)C(c2ccc(F)cc2)=NCC=C1. The molecule has 1 unspecified atom stereocenters. The standard InChI is InChI=1S/C30H34FIN6O/c1-3-38(19-18-36-29-25(21-33)9-7-17-35-29)30(39)24-8-6-16-34-28(23-11-13-26(31)14-12-23)27(10-4-5-15-32)37-22(2)20-24/h6-9,11-14,17,20,22H,3-5,10,15-16,18-19H2,1-2H3,(H,35,36). The molecule has 0 saturated heterocycles. The van der Waals surface area contributed by atoms with E-state index in [-0.39, 0.29) is 17.8 Å². The van der Waals surface area contributed by atoms with E-state index in [1.807, 2.05) is 32.1 Å². The normalized spacial score (nSPS) is 15.5. The van der Waals surface area contributed by atoms with Gasteiger partial charge in [-0.3, -0.25) is 14.8 Å². The van der Waals surface area contributed by atoms with Crippen LogP contribution < -0.4 is 5.32 Å². The van der Waals surface area contributed by atoms with Crippen molar-refractivity contribution in [3.63, 3.8) is 0 Å². The minimum Gasteiger partial charge on any atom is -0.367 e. The van der Waals surface area contributed by atoms with Crippen molar-refractivity contribution < 1.29 is 9.18 Å². The van der Waals surface area contributed by atoms with E-state index in [4.69, 9.17) is 9.98 Å². The summed E-state index contributed by atoms with van der Waals surface area (Å²) < 4.78 is 14.7. The van der Waals surface area contributed by atoms with Gasteiger partial charge in [0.05, 0.1) is 29.6 Å². The third kappa shape index (κ3) is 9.10. The van der Waals surface area contributed by atoms with E-state index in [1.165, 1.54) is 12.1 Å². The largest absolute Gasteiger partial charge is 0.367 e. The van der Waals surface area contributed by atoms with Crippen LogP contribution in [0.15, 0.2) is 76.4 Å². The predicted molar refractivity (Wildman–Crippen MR) is 164 cm³/mol. The van der Waals surface area contributed by atoms with Crippen LogP contribution in [-0.2, 0) is 4.79 Å². The first kappa shape index (κ1) is 30.2. The Balaban J connectivity index is 1.80. The maximum atomic E-state index is 13.6. The molecule has 1 aliphatic rings. The monoisotopic (exact) mass is 640 g/mol. The van der Waals surface area contributed by atoms with Gasteiger partial charge in [-0.2, -0.15) is 5.26 Å². The lowest BCUT2D eigenvalue weighted by molar-refractivity contribution is -0.126. The zero-order valence-electron chi connectivity index (χ0n) is 22.4. The Morgan fingerprint density at radius 1 is 1.26 bits per heavy atom. The zero-order valence-corrected chi connectivity index (χ0v) is 24.6. The summed E-state index contributed by atoms with van der Waals surface area (Å²) >= 11 is 2.37. The van der Waals surface area contributed by atoms with Crippen molar-refractivity contribution in [1.29, 1.82) is 5.26 Å². The Morgan fingerprint density at radius 2 is 2.05 bits per heavy atom. The fraction of sp³-hybridized carbons (Fsp3) is 0.367. The maximum absolute atomic E-state index is 13.6. The van der Waals surface area contributed by atoms with Gasteiger partial charge in [0, 0.05) is 37.0 Å². The van der Waals surface area contributed by atoms with Crippen molar-refractivity contribution in [1.82, 2.24) is 9.88 Å². The summed E-state index contributed by atoms with van der Waals surface area (Å²) in [5, 5.41) is 12.4. The van der Waals surface area contributed by atoms with Crippen LogP contribution in [0.3, 0.4) is 0 Å². The summed E-state index contributed by atoms with van der Waals surface area (Å²) in [4.78, 5) is 29.3. The van der Waals surface area contributed by atoms with Gasteiger partial charge in [-0.05, 0) is 80.0 Å². The van der Waals surface area contributed by atoms with E-state index in [2.05, 4.69) is 39.0 Å². The number of rotatable bonds is 11. The van der Waals surface area contributed by atoms with Crippen molar-refractivity contribution in [2.45, 2.75) is 39.2 Å². The van der Waals surface area contributed by atoms with Crippen molar-refractivity contribution in [3.8, 4) is 6.07 Å². The number of pyridine rings is 1. The summed E-state index contributed by atoms with van der Waals surface area (Å²) in [6.07, 6.45) is 10.0. The van der Waals surface area contributed by atoms with Gasteiger partial charge < -0.3 is 10.2 Å². The molecular weight excluding hydrogens is 606 g/mol. The van der Waals surface area contributed by atoms with E-state index in [9.17, 15) is 14.4 Å². The first-order valence-electron chi connectivity index (χ1n) is 13.2. The number of nitriles is 1. The van der Waals surface area contributed by atoms with Gasteiger partial charge in [0.2, 0.25) is 0 Å². The minimum absolute atomic E-state index is 0.0890. The average Bonchev–Trinajstić information content (AvgIpc) is 2.95. The molecule has 7 nitrogen and oxygen atoms in total. The second-order valence-electron chi connectivity index (χ2n) is 9.01. The topological polar surface area (TPSA) is 93.7 Å². The molecule has 1 N–H and O–H groups in total. The molecule has 0 aliphatic carbocycles. The highest BCUT2D eigenvalue weighted by Crippen LogP contribution is 2.16. The van der Waals surface area contributed by atoms with Crippen LogP contribution in [-0.4, -0.2) is 63.9 Å². The van der Waals surface area contributed by atoms with Crippen molar-refractivity contribution >= 4 is 45.7 Å². The first-order valence-corrected chi connectivity index (χ1v) is 14.7. The molecule has 1 amide bonds. The molecule has 2 aromatic rings. The molecule has 0 spiro atoms. The van der Waals surface area contributed by atoms with E-state index in [0.29, 0.717) is 43.1 Å². The van der Waals surface area contributed by atoms with Crippen LogP contribution in [0.2, 0.25) is 0 Å². The Morgan fingerprint density at radius 3 is 2.77 bits per heavy atom. The van der Waals surface area contributed by atoms with Crippen LogP contribution in [0, 0.1) is 17.1 Å². The fourth-order valence-corrected chi connectivity index (χ4v) is 4.72. The molecule has 0 radical (unpaired) electrons. The highest BCUT2D eigenvalue weighted by atomic mass is 127. The maximum Gasteiger partial charge on any atom is 0.253 e. The van der Waals surface area contributed by atoms with E-state index in [0.717, 1.165) is 40.7 Å². The lowest BCUT2D eigenvalue weighted by Gasteiger charge is -2.22. The molecule has 0 bridgehead atoms. The second-order valence-corrected chi connectivity index (χ2v) is 10.1. The lowest BCUT2D eigenvalue weighted by Crippen LogP contribution is -2.36. The van der Waals surface area contributed by atoms with Crippen molar-refractivity contribution in [3.05, 3.63) is 83.3 Å². The van der Waals surface area contributed by atoms with E-state index in [1.54, 1.807) is 35.4 Å². The Hall–Kier alpha value is -3.39. The summed E-state index contributed by atoms with van der Waals surface area (Å²) in [5.41, 5.74) is 3.51. The number of aliphatic imine (C=N–C) groups is 2. The molecular formula is C30H34FIN6O. The summed E-state index contributed by atoms with van der Waals surface area (Å²) in [6.45, 7) is 5.73. The molecule has 9 heteroatoms. The molecule has 0 fully saturated rings. The minimum atomic E-state index is -0.289. The number of carbonyl (C=O) groups excluding carboxylic acids is 1. The quantitative estimate of drug-likeness (QED) is 0.192. The number of halogens is 2. The molecule has 0 saturated carbocycles. The fourth-order valence-electron chi connectivity index (χ4n) is 4.18. The number of amides is 1. The number of hydrogen-bond acceptors (Lipinski definition) is 6. The number of anilines is 1. The highest BCUT2D eigenvalue weighted by Gasteiger charge is 2.18. The number of likely N-dealkylation sites (N-methyl/N-ethyl adjacent to an activating group) is 1. The molecule has 1 aliphatic heterocycles. The molecule has 1 aromatic heterocycles. The van der Waals surface area contributed by atoms with Crippen LogP contribution in [0.25, 0.3) is 0 Å². The molecule has 1 aromatic carbocycles. The molecule has 39 heavy (non-hydrogen) atoms. The van der Waals surface area contributed by atoms with Gasteiger partial charge in [0.15, 0.2) is 0 Å². The second kappa shape index (κ2) is 15.9. The van der Waals surface area contributed by atoms with Crippen LogP contribution >= 0.6 is 22.6 Å². The van der Waals surface area contributed by atoms with Crippen LogP contribution in [0.4, 0.5) is 10.2 Å². The number of benzene rings is 1. The molecule has 3 rings (SSSR count). The zero-order chi connectivity index (χ0) is 28.0. The highest BCUT2D eigenvalue weighted by molar-refractivity contribution is 14.1. The first-order chi connectivity index (χ1) is 19.0. The van der Waals surface area contributed by atoms with Gasteiger partial charge in [-0.25, -0.2) is 9.37 Å². The third-order valence-electron chi connectivity index (χ3n) is 6.14. The number of nitrogens with zero attached hydrogens (tertiary/aromatic N) is 5. The van der Waals surface area contributed by atoms with Crippen LogP contribution in [0.1, 0.15) is 44.2 Å². The van der Waals surface area contributed by atoms with E-state index >= 15 is 0 Å². The number of nitrogens with one attached hydrogen (secondary N) is 1.